The Balaban J connectivity index is 1.96. The molecule has 4 unspecified atom stereocenters. The first-order chi connectivity index (χ1) is 10.1. The zero-order chi connectivity index (χ0) is 15.3. The van der Waals surface area contributed by atoms with E-state index < -0.39 is 5.54 Å². The van der Waals surface area contributed by atoms with E-state index in [1.54, 1.807) is 0 Å². The highest BCUT2D eigenvalue weighted by Crippen LogP contribution is 2.41. The molecule has 2 saturated carbocycles. The van der Waals surface area contributed by atoms with Gasteiger partial charge >= 0.3 is 5.97 Å². The Labute approximate surface area is 134 Å². The Hall–Kier alpha value is -0.220. The van der Waals surface area contributed by atoms with Crippen LogP contribution in [0.1, 0.15) is 65.2 Å². The van der Waals surface area contributed by atoms with Gasteiger partial charge in [-0.2, -0.15) is 11.8 Å². The minimum Gasteiger partial charge on any atom is -0.468 e. The van der Waals surface area contributed by atoms with Crippen molar-refractivity contribution in [3.05, 3.63) is 0 Å². The number of thioether (sulfide) groups is 1. The van der Waals surface area contributed by atoms with Gasteiger partial charge in [-0.1, -0.05) is 26.7 Å². The largest absolute Gasteiger partial charge is 0.468 e. The lowest BCUT2D eigenvalue weighted by molar-refractivity contribution is -0.150. The van der Waals surface area contributed by atoms with Gasteiger partial charge in [0.15, 0.2) is 0 Å². The van der Waals surface area contributed by atoms with Crippen LogP contribution in [0.3, 0.4) is 0 Å². The van der Waals surface area contributed by atoms with Gasteiger partial charge in [-0.15, -0.1) is 0 Å². The van der Waals surface area contributed by atoms with E-state index in [1.807, 2.05) is 0 Å². The summed E-state index contributed by atoms with van der Waals surface area (Å²) in [6.07, 6.45) is 9.72. The van der Waals surface area contributed by atoms with E-state index >= 15 is 0 Å². The van der Waals surface area contributed by atoms with Crippen LogP contribution < -0.4 is 5.32 Å². The minimum absolute atomic E-state index is 0.0633. The number of hydrogen-bond acceptors (Lipinski definition) is 4. The van der Waals surface area contributed by atoms with Gasteiger partial charge in [0, 0.05) is 10.5 Å². The third-order valence-electron chi connectivity index (χ3n) is 5.07. The molecule has 0 aromatic carbocycles. The van der Waals surface area contributed by atoms with Crippen molar-refractivity contribution in [1.29, 1.82) is 0 Å². The van der Waals surface area contributed by atoms with Crippen LogP contribution in [0.25, 0.3) is 0 Å². The smallest absolute Gasteiger partial charge is 0.326 e. The van der Waals surface area contributed by atoms with Crippen molar-refractivity contribution in [2.24, 2.45) is 5.92 Å². The molecule has 21 heavy (non-hydrogen) atoms. The summed E-state index contributed by atoms with van der Waals surface area (Å²) in [5, 5.41) is 4.84. The van der Waals surface area contributed by atoms with Crippen LogP contribution in [0.2, 0.25) is 0 Å². The SMILES string of the molecule is CCNC1(C(=O)OC)CCCC(SC2CCCC(C)C2)C1. The number of ether oxygens (including phenoxy) is 1. The zero-order valence-electron chi connectivity index (χ0n) is 13.8. The molecular formula is C17H31NO2S. The number of carbonyl (C=O) groups excluding carboxylic acids is 1. The van der Waals surface area contributed by atoms with E-state index in [0.717, 1.165) is 37.0 Å². The average Bonchev–Trinajstić information content (AvgIpc) is 2.47. The summed E-state index contributed by atoms with van der Waals surface area (Å²) in [5.74, 6) is 0.811. The molecule has 122 valence electrons. The van der Waals surface area contributed by atoms with Crippen molar-refractivity contribution in [3.63, 3.8) is 0 Å². The van der Waals surface area contributed by atoms with E-state index in [1.165, 1.54) is 39.2 Å². The fraction of sp³-hybridized carbons (Fsp3) is 0.941. The molecule has 1 N–H and O–H groups in total. The molecule has 0 spiro atoms. The number of likely N-dealkylation sites (N-methyl/N-ethyl adjacent to an activating group) is 1. The van der Waals surface area contributed by atoms with Gasteiger partial charge in [0.1, 0.15) is 5.54 Å². The third-order valence-corrected chi connectivity index (χ3v) is 6.67. The van der Waals surface area contributed by atoms with Crippen molar-refractivity contribution < 1.29 is 9.53 Å². The maximum atomic E-state index is 12.3. The van der Waals surface area contributed by atoms with Gasteiger partial charge in [-0.25, -0.2) is 0 Å². The predicted molar refractivity (Wildman–Crippen MR) is 89.7 cm³/mol. The highest BCUT2D eigenvalue weighted by Gasteiger charge is 2.43. The highest BCUT2D eigenvalue weighted by atomic mass is 32.2. The van der Waals surface area contributed by atoms with Gasteiger partial charge in [0.25, 0.3) is 0 Å². The van der Waals surface area contributed by atoms with Crippen LogP contribution in [0.4, 0.5) is 0 Å². The lowest BCUT2D eigenvalue weighted by atomic mass is 9.81. The second-order valence-corrected chi connectivity index (χ2v) is 8.46. The van der Waals surface area contributed by atoms with Crippen molar-refractivity contribution >= 4 is 17.7 Å². The van der Waals surface area contributed by atoms with Crippen LogP contribution in [0, 0.1) is 5.92 Å². The number of methoxy groups -OCH3 is 1. The first-order valence-electron chi connectivity index (χ1n) is 8.58. The van der Waals surface area contributed by atoms with Crippen LogP contribution in [-0.2, 0) is 9.53 Å². The zero-order valence-corrected chi connectivity index (χ0v) is 14.6. The summed E-state index contributed by atoms with van der Waals surface area (Å²) in [7, 11) is 1.51. The van der Waals surface area contributed by atoms with Gasteiger partial charge in [-0.05, 0) is 51.0 Å². The Morgan fingerprint density at radius 1 is 1.29 bits per heavy atom. The quantitative estimate of drug-likeness (QED) is 0.784. The molecule has 2 rings (SSSR count). The van der Waals surface area contributed by atoms with Crippen molar-refractivity contribution in [1.82, 2.24) is 5.32 Å². The van der Waals surface area contributed by atoms with Crippen molar-refractivity contribution in [3.8, 4) is 0 Å². The summed E-state index contributed by atoms with van der Waals surface area (Å²) in [4.78, 5) is 12.3. The Morgan fingerprint density at radius 2 is 2.05 bits per heavy atom. The molecule has 0 aliphatic heterocycles. The van der Waals surface area contributed by atoms with E-state index in [4.69, 9.17) is 4.74 Å². The fourth-order valence-corrected chi connectivity index (χ4v) is 6.04. The monoisotopic (exact) mass is 313 g/mol. The number of rotatable bonds is 5. The molecule has 0 saturated heterocycles. The summed E-state index contributed by atoms with van der Waals surface area (Å²) in [5.41, 5.74) is -0.431. The standard InChI is InChI=1S/C17H31NO2S/c1-4-18-17(16(19)20-3)10-6-9-15(12-17)21-14-8-5-7-13(2)11-14/h13-15,18H,4-12H2,1-3H3. The Morgan fingerprint density at radius 3 is 2.71 bits per heavy atom. The van der Waals surface area contributed by atoms with Crippen LogP contribution in [-0.4, -0.2) is 35.7 Å². The number of carbonyl (C=O) groups is 1. The minimum atomic E-state index is -0.431. The molecule has 2 fully saturated rings. The first-order valence-corrected chi connectivity index (χ1v) is 9.53. The lowest BCUT2D eigenvalue weighted by Crippen LogP contribution is -2.56. The van der Waals surface area contributed by atoms with Crippen LogP contribution >= 0.6 is 11.8 Å². The van der Waals surface area contributed by atoms with Gasteiger partial charge < -0.3 is 10.1 Å². The molecule has 3 nitrogen and oxygen atoms in total. The van der Waals surface area contributed by atoms with Crippen molar-refractivity contribution in [2.75, 3.05) is 13.7 Å². The fourth-order valence-electron chi connectivity index (χ4n) is 4.07. The maximum Gasteiger partial charge on any atom is 0.326 e. The van der Waals surface area contributed by atoms with E-state index in [2.05, 4.69) is 30.9 Å². The van der Waals surface area contributed by atoms with Crippen LogP contribution in [0.15, 0.2) is 0 Å². The number of hydrogen-bond donors (Lipinski definition) is 1. The molecule has 0 heterocycles. The van der Waals surface area contributed by atoms with Gasteiger partial charge in [0.05, 0.1) is 7.11 Å². The third kappa shape index (κ3) is 4.38. The average molecular weight is 314 g/mol. The topological polar surface area (TPSA) is 38.3 Å². The molecule has 4 atom stereocenters. The number of nitrogens with one attached hydrogen (secondary N) is 1. The van der Waals surface area contributed by atoms with Gasteiger partial charge in [-0.3, -0.25) is 4.79 Å². The Bertz CT molecular complexity index is 346. The molecule has 4 heteroatoms. The maximum absolute atomic E-state index is 12.3. The molecule has 0 aromatic rings. The van der Waals surface area contributed by atoms with Crippen molar-refractivity contribution in [2.45, 2.75) is 81.3 Å². The summed E-state index contributed by atoms with van der Waals surface area (Å²) >= 11 is 2.15. The summed E-state index contributed by atoms with van der Waals surface area (Å²) < 4.78 is 5.09. The molecular weight excluding hydrogens is 282 g/mol. The lowest BCUT2D eigenvalue weighted by Gasteiger charge is -2.40. The summed E-state index contributed by atoms with van der Waals surface area (Å²) in [6, 6.07) is 0. The van der Waals surface area contributed by atoms with Gasteiger partial charge in [0.2, 0.25) is 0 Å². The first kappa shape index (κ1) is 17.1. The molecule has 0 aromatic heterocycles. The predicted octanol–water partition coefficient (Wildman–Crippen LogP) is 3.76. The second kappa shape index (κ2) is 7.87. The molecule has 0 radical (unpaired) electrons. The second-order valence-electron chi connectivity index (χ2n) is 6.85. The molecule has 2 aliphatic rings. The van der Waals surface area contributed by atoms with E-state index in [-0.39, 0.29) is 5.97 Å². The highest BCUT2D eigenvalue weighted by molar-refractivity contribution is 8.00. The van der Waals surface area contributed by atoms with E-state index in [0.29, 0.717) is 5.25 Å². The summed E-state index contributed by atoms with van der Waals surface area (Å²) in [6.45, 7) is 5.28. The molecule has 0 bridgehead atoms. The van der Waals surface area contributed by atoms with Crippen LogP contribution in [0.5, 0.6) is 0 Å². The molecule has 2 aliphatic carbocycles. The molecule has 0 amide bonds. The Kier molecular flexibility index (Phi) is 6.42. The normalized spacial score (nSPS) is 37.2. The number of esters is 1. The van der Waals surface area contributed by atoms with E-state index in [9.17, 15) is 4.79 Å².